The Hall–Kier alpha value is -6.40. The first kappa shape index (κ1) is 32.3. The van der Waals surface area contributed by atoms with Crippen molar-refractivity contribution in [2.45, 2.75) is 53.9 Å². The van der Waals surface area contributed by atoms with Crippen LogP contribution in [0.4, 0.5) is 13.2 Å². The Labute approximate surface area is 400 Å². The summed E-state index contributed by atoms with van der Waals surface area (Å²) in [5.74, 6) is 0. The summed E-state index contributed by atoms with van der Waals surface area (Å²) in [5.41, 5.74) is 2.28. The number of aryl methyl sites for hydroxylation is 3. The molecule has 3 nitrogen and oxygen atoms in total. The maximum atomic E-state index is 13.6. The predicted octanol–water partition coefficient (Wildman–Crippen LogP) is 16.2. The predicted molar refractivity (Wildman–Crippen MR) is 253 cm³/mol. The smallest absolute Gasteiger partial charge is 0.416 e. The summed E-state index contributed by atoms with van der Waals surface area (Å²) >= 11 is 0. The van der Waals surface area contributed by atoms with Gasteiger partial charge >= 0.3 is 6.18 Å². The molecule has 0 bridgehead atoms. The largest absolute Gasteiger partial charge is 0.500 e. The van der Waals surface area contributed by atoms with Crippen LogP contribution in [0.25, 0.3) is 88.3 Å². The Bertz CT molecular complexity index is 3750. The summed E-state index contributed by atoms with van der Waals surface area (Å²) in [7, 11) is 0. The molecule has 7 aromatic carbocycles. The van der Waals surface area contributed by atoms with E-state index in [4.69, 9.17) is 19.5 Å². The number of aromatic nitrogens is 2. The zero-order chi connectivity index (χ0) is 53.3. The third kappa shape index (κ3) is 8.88. The van der Waals surface area contributed by atoms with Gasteiger partial charge in [0.2, 0.25) is 0 Å². The first-order valence-corrected chi connectivity index (χ1v) is 20.1. The maximum Gasteiger partial charge on any atom is 0.416 e. The summed E-state index contributed by atoms with van der Waals surface area (Å²) in [5, 5.41) is 5.55. The fraction of sp³-hybridized carbons (Fsp3) is 0.158. The zero-order valence-electron chi connectivity index (χ0n) is 45.7. The van der Waals surface area contributed by atoms with Crippen molar-refractivity contribution in [3.05, 3.63) is 192 Å². The topological polar surface area (TPSA) is 38.9 Å². The number of alkyl halides is 3. The van der Waals surface area contributed by atoms with Gasteiger partial charge in [-0.2, -0.15) is 13.2 Å². The van der Waals surface area contributed by atoms with Gasteiger partial charge in [0.1, 0.15) is 5.58 Å². The molecule has 10 aromatic rings. The number of furan rings is 1. The number of fused-ring (bicyclic) bond motifs is 7. The van der Waals surface area contributed by atoms with Crippen LogP contribution in [0, 0.1) is 38.1 Å². The molecular formula is C57H45F3IrN2O-2. The van der Waals surface area contributed by atoms with E-state index in [0.717, 1.165) is 56.2 Å². The summed E-state index contributed by atoms with van der Waals surface area (Å²) in [6.45, 7) is -2.40. The summed E-state index contributed by atoms with van der Waals surface area (Å²) in [4.78, 5) is 8.85. The van der Waals surface area contributed by atoms with Gasteiger partial charge in [-0.25, -0.2) is 0 Å². The van der Waals surface area contributed by atoms with Gasteiger partial charge in [0.25, 0.3) is 0 Å². The van der Waals surface area contributed by atoms with Crippen LogP contribution in [0.2, 0.25) is 0 Å². The van der Waals surface area contributed by atoms with Crippen molar-refractivity contribution in [2.24, 2.45) is 5.41 Å². The number of benzene rings is 7. The Balaban J connectivity index is 0.000000216. The normalized spacial score (nSPS) is 15.1. The van der Waals surface area contributed by atoms with Crippen molar-refractivity contribution >= 4 is 43.5 Å². The fourth-order valence-electron chi connectivity index (χ4n) is 7.80. The average Bonchev–Trinajstić information content (AvgIpc) is 3.74. The number of nitrogens with zero attached hydrogens (tertiary/aromatic N) is 2. The molecule has 0 saturated carbocycles. The van der Waals surface area contributed by atoms with E-state index in [2.05, 4.69) is 22.1 Å². The van der Waals surface area contributed by atoms with E-state index in [0.29, 0.717) is 45.2 Å². The molecule has 0 N–H and O–H groups in total. The minimum atomic E-state index is -4.80. The molecule has 0 amide bonds. The second kappa shape index (κ2) is 17.6. The molecule has 64 heavy (non-hydrogen) atoms. The standard InChI is InChI=1S/C34H21F3NO.C23H24N.Ir/c1-19-16-23(34(35,36)37)13-15-24(19)29-17-30(38-18-20(29)2)28-9-5-8-26-27-14-12-22-11-10-21-6-3-4-7-25(21)31(22)33(27)39-32(26)28;1-17-10-12-20(14-21(17)19-8-6-5-7-9-19)22-13-11-18(16-24-22)15-23(2,3)4;/h3-8,10-18H,1-2H3;5-11,13-14,16H,15H2,1-4H3;/q2*-1;/i1D3,2D3;1D3,15D2;. The number of hydrogen-bond donors (Lipinski definition) is 0. The van der Waals surface area contributed by atoms with Crippen molar-refractivity contribution in [2.75, 3.05) is 0 Å². The van der Waals surface area contributed by atoms with Gasteiger partial charge in [-0.3, -0.25) is 0 Å². The van der Waals surface area contributed by atoms with Crippen LogP contribution in [-0.2, 0) is 32.7 Å². The minimum absolute atomic E-state index is 0. The van der Waals surface area contributed by atoms with Crippen LogP contribution in [0.1, 0.15) is 63.7 Å². The first-order chi connectivity index (χ1) is 34.6. The van der Waals surface area contributed by atoms with Crippen molar-refractivity contribution in [3.8, 4) is 44.8 Å². The van der Waals surface area contributed by atoms with E-state index in [1.54, 1.807) is 30.5 Å². The van der Waals surface area contributed by atoms with Gasteiger partial charge in [-0.15, -0.1) is 47.5 Å². The van der Waals surface area contributed by atoms with E-state index in [9.17, 15) is 13.2 Å². The third-order valence-corrected chi connectivity index (χ3v) is 10.7. The van der Waals surface area contributed by atoms with Gasteiger partial charge < -0.3 is 14.4 Å². The molecule has 321 valence electrons. The van der Waals surface area contributed by atoms with Gasteiger partial charge in [0.05, 0.1) is 11.1 Å². The van der Waals surface area contributed by atoms with E-state index < -0.39 is 49.6 Å². The van der Waals surface area contributed by atoms with Crippen molar-refractivity contribution in [3.63, 3.8) is 0 Å². The molecule has 1 radical (unpaired) electrons. The summed E-state index contributed by atoms with van der Waals surface area (Å²) < 4.78 is 136. The van der Waals surface area contributed by atoms with Gasteiger partial charge in [-0.1, -0.05) is 147 Å². The second-order valence-corrected chi connectivity index (χ2v) is 16.2. The number of halogens is 3. The Morgan fingerprint density at radius 2 is 1.36 bits per heavy atom. The van der Waals surface area contributed by atoms with Crippen LogP contribution in [0.3, 0.4) is 0 Å². The SMILES string of the molecule is [2H]C([2H])([2H])c1c[c-]c(-c2ccc(C([2H])([2H])C(C)(C)C)cn2)cc1-c1ccccc1.[2H]C([2H])([2H])c1cnc(-c2[c-]ccc3c2oc2c3ccc3ccc4ccccc4c32)cc1-c1ccc(C(F)(F)F)cc1C([2H])([2H])[2H].[Ir]. The Kier molecular flexibility index (Phi) is 8.90. The van der Waals surface area contributed by atoms with Crippen LogP contribution in [0.15, 0.2) is 156 Å². The van der Waals surface area contributed by atoms with Crippen LogP contribution >= 0.6 is 0 Å². The summed E-state index contributed by atoms with van der Waals surface area (Å²) in [6.07, 6.45) is -3.66. The van der Waals surface area contributed by atoms with E-state index in [1.165, 1.54) is 12.1 Å². The first-order valence-electron chi connectivity index (χ1n) is 25.6. The van der Waals surface area contributed by atoms with Gasteiger partial charge in [0.15, 0.2) is 0 Å². The molecule has 0 fully saturated rings. The number of rotatable bonds is 5. The maximum absolute atomic E-state index is 13.6. The Morgan fingerprint density at radius 1 is 0.625 bits per heavy atom. The molecule has 7 heteroatoms. The van der Waals surface area contributed by atoms with E-state index in [1.807, 2.05) is 106 Å². The fourth-order valence-corrected chi connectivity index (χ4v) is 7.80. The second-order valence-electron chi connectivity index (χ2n) is 16.2. The molecule has 0 aliphatic carbocycles. The van der Waals surface area contributed by atoms with Crippen LogP contribution in [0.5, 0.6) is 0 Å². The number of hydrogen-bond acceptors (Lipinski definition) is 3. The monoisotopic (exact) mass is 1030 g/mol. The van der Waals surface area contributed by atoms with E-state index in [-0.39, 0.29) is 48.1 Å². The van der Waals surface area contributed by atoms with Gasteiger partial charge in [0, 0.05) is 58.3 Å². The molecule has 0 atom stereocenters. The molecular weight excluding hydrogens is 978 g/mol. The molecule has 0 aliphatic heterocycles. The minimum Gasteiger partial charge on any atom is -0.500 e. The molecule has 0 aliphatic rings. The molecule has 3 heterocycles. The van der Waals surface area contributed by atoms with Crippen LogP contribution < -0.4 is 0 Å². The van der Waals surface area contributed by atoms with Crippen molar-refractivity contribution < 1.29 is 52.8 Å². The van der Waals surface area contributed by atoms with Crippen molar-refractivity contribution in [1.82, 2.24) is 9.97 Å². The Morgan fingerprint density at radius 3 is 2.11 bits per heavy atom. The third-order valence-electron chi connectivity index (χ3n) is 10.7. The van der Waals surface area contributed by atoms with Crippen molar-refractivity contribution in [1.29, 1.82) is 0 Å². The van der Waals surface area contributed by atoms with Crippen LogP contribution in [-0.4, -0.2) is 9.97 Å². The summed E-state index contributed by atoms with van der Waals surface area (Å²) in [6, 6.07) is 45.5. The average molecular weight is 1030 g/mol. The zero-order valence-corrected chi connectivity index (χ0v) is 37.1. The number of pyridine rings is 2. The molecule has 0 spiro atoms. The molecule has 10 rings (SSSR count). The van der Waals surface area contributed by atoms with Gasteiger partial charge in [-0.05, 0) is 98.6 Å². The van der Waals surface area contributed by atoms with E-state index >= 15 is 0 Å². The molecule has 0 unspecified atom stereocenters. The molecule has 3 aromatic heterocycles. The quantitative estimate of drug-likeness (QED) is 0.127. The molecule has 0 saturated heterocycles.